The molecular formula is C11H17N3O5S2. The number of nitrogens with one attached hydrogen (secondary N) is 1. The molecule has 0 aromatic carbocycles. The lowest BCUT2D eigenvalue weighted by Crippen LogP contribution is -2.44. The molecule has 1 aromatic rings. The van der Waals surface area contributed by atoms with E-state index in [1.807, 2.05) is 0 Å². The quantitative estimate of drug-likeness (QED) is 0.632. The van der Waals surface area contributed by atoms with Gasteiger partial charge in [-0.3, -0.25) is 10.1 Å². The van der Waals surface area contributed by atoms with E-state index in [2.05, 4.69) is 5.32 Å². The third kappa shape index (κ3) is 3.18. The minimum atomic E-state index is -3.76. The highest BCUT2D eigenvalue weighted by Gasteiger charge is 2.36. The lowest BCUT2D eigenvalue weighted by Gasteiger charge is -2.34. The average molecular weight is 335 g/mol. The van der Waals surface area contributed by atoms with Crippen molar-refractivity contribution in [1.29, 1.82) is 0 Å². The van der Waals surface area contributed by atoms with Crippen LogP contribution in [0.5, 0.6) is 0 Å². The Morgan fingerprint density at radius 1 is 1.48 bits per heavy atom. The molecule has 0 bridgehead atoms. The van der Waals surface area contributed by atoms with E-state index in [0.29, 0.717) is 12.8 Å². The molecular weight excluding hydrogens is 318 g/mol. The molecule has 118 valence electrons. The lowest BCUT2D eigenvalue weighted by atomic mass is 9.95. The number of hydrogen-bond acceptors (Lipinski definition) is 7. The van der Waals surface area contributed by atoms with E-state index >= 15 is 0 Å². The Hall–Kier alpha value is -1.23. The van der Waals surface area contributed by atoms with Crippen LogP contribution < -0.4 is 5.32 Å². The standard InChI is InChI=1S/C11H17N3O5S2/c1-11(15)3-5-13(6-4-11)21(18,19)9-7-8(14(16)17)10(12-2)20-9/h7,12,15H,3-6H2,1-2H3. The van der Waals surface area contributed by atoms with Gasteiger partial charge in [-0.2, -0.15) is 4.31 Å². The molecule has 1 aliphatic heterocycles. The number of rotatable bonds is 4. The van der Waals surface area contributed by atoms with Crippen LogP contribution in [0.15, 0.2) is 10.3 Å². The van der Waals surface area contributed by atoms with Crippen molar-refractivity contribution >= 4 is 32.0 Å². The van der Waals surface area contributed by atoms with Crippen molar-refractivity contribution < 1.29 is 18.4 Å². The summed E-state index contributed by atoms with van der Waals surface area (Å²) in [7, 11) is -2.25. The van der Waals surface area contributed by atoms with Gasteiger partial charge in [0.2, 0.25) is 0 Å². The van der Waals surface area contributed by atoms with E-state index < -0.39 is 20.5 Å². The third-order valence-corrected chi connectivity index (χ3v) is 7.00. The minimum Gasteiger partial charge on any atom is -0.390 e. The fourth-order valence-electron chi connectivity index (χ4n) is 2.14. The van der Waals surface area contributed by atoms with Gasteiger partial charge >= 0.3 is 5.69 Å². The Morgan fingerprint density at radius 2 is 2.05 bits per heavy atom. The van der Waals surface area contributed by atoms with Crippen LogP contribution in [0.1, 0.15) is 19.8 Å². The van der Waals surface area contributed by atoms with Crippen LogP contribution in [0.3, 0.4) is 0 Å². The molecule has 0 atom stereocenters. The molecule has 1 aromatic heterocycles. The number of piperidine rings is 1. The third-order valence-electron chi connectivity index (χ3n) is 3.51. The molecule has 2 rings (SSSR count). The van der Waals surface area contributed by atoms with Gasteiger partial charge in [0.25, 0.3) is 10.0 Å². The molecule has 1 aliphatic rings. The van der Waals surface area contributed by atoms with Crippen molar-refractivity contribution in [3.8, 4) is 0 Å². The number of aliphatic hydroxyl groups is 1. The second-order valence-electron chi connectivity index (χ2n) is 5.19. The highest BCUT2D eigenvalue weighted by molar-refractivity contribution is 7.91. The largest absolute Gasteiger partial charge is 0.390 e. The second kappa shape index (κ2) is 5.52. The van der Waals surface area contributed by atoms with Crippen LogP contribution in [-0.4, -0.2) is 48.5 Å². The average Bonchev–Trinajstić information content (AvgIpc) is 2.83. The predicted molar refractivity (Wildman–Crippen MR) is 79.1 cm³/mol. The number of nitrogens with zero attached hydrogens (tertiary/aromatic N) is 2. The molecule has 2 heterocycles. The molecule has 1 saturated heterocycles. The van der Waals surface area contributed by atoms with Gasteiger partial charge in [-0.1, -0.05) is 11.3 Å². The summed E-state index contributed by atoms with van der Waals surface area (Å²) in [6.07, 6.45) is 0.692. The molecule has 0 saturated carbocycles. The van der Waals surface area contributed by atoms with Gasteiger partial charge < -0.3 is 10.4 Å². The molecule has 0 aliphatic carbocycles. The summed E-state index contributed by atoms with van der Waals surface area (Å²) in [5.41, 5.74) is -1.10. The fraction of sp³-hybridized carbons (Fsp3) is 0.636. The molecule has 0 amide bonds. The van der Waals surface area contributed by atoms with Gasteiger partial charge in [-0.25, -0.2) is 8.42 Å². The van der Waals surface area contributed by atoms with Gasteiger partial charge in [-0.15, -0.1) is 0 Å². The van der Waals surface area contributed by atoms with Crippen molar-refractivity contribution in [3.63, 3.8) is 0 Å². The Morgan fingerprint density at radius 3 is 2.48 bits per heavy atom. The summed E-state index contributed by atoms with van der Waals surface area (Å²) >= 11 is 0.843. The van der Waals surface area contributed by atoms with E-state index in [1.54, 1.807) is 6.92 Å². The summed E-state index contributed by atoms with van der Waals surface area (Å²) in [5.74, 6) is 0. The molecule has 10 heteroatoms. The van der Waals surface area contributed by atoms with E-state index in [4.69, 9.17) is 0 Å². The number of hydrogen-bond donors (Lipinski definition) is 2. The van der Waals surface area contributed by atoms with Crippen LogP contribution in [0, 0.1) is 10.1 Å². The van der Waals surface area contributed by atoms with E-state index in [1.165, 1.54) is 11.4 Å². The summed E-state index contributed by atoms with van der Waals surface area (Å²) < 4.78 is 26.2. The molecule has 21 heavy (non-hydrogen) atoms. The fourth-order valence-corrected chi connectivity index (χ4v) is 5.01. The minimum absolute atomic E-state index is 0.0555. The Balaban J connectivity index is 2.30. The maximum atomic E-state index is 12.5. The normalized spacial score (nSPS) is 19.4. The molecule has 0 spiro atoms. The van der Waals surface area contributed by atoms with Crippen molar-refractivity contribution in [3.05, 3.63) is 16.2 Å². The topological polar surface area (TPSA) is 113 Å². The van der Waals surface area contributed by atoms with Crippen LogP contribution in [0.2, 0.25) is 0 Å². The lowest BCUT2D eigenvalue weighted by molar-refractivity contribution is -0.383. The number of nitro groups is 1. The number of anilines is 1. The first-order chi connectivity index (χ1) is 9.67. The summed E-state index contributed by atoms with van der Waals surface area (Å²) in [4.78, 5) is 10.3. The number of thiophene rings is 1. The van der Waals surface area contributed by atoms with Gasteiger partial charge in [0.1, 0.15) is 4.21 Å². The molecule has 1 fully saturated rings. The molecule has 0 unspecified atom stereocenters. The van der Waals surface area contributed by atoms with Gasteiger partial charge in [-0.05, 0) is 19.8 Å². The van der Waals surface area contributed by atoms with Crippen LogP contribution in [0.25, 0.3) is 0 Å². The van der Waals surface area contributed by atoms with Gasteiger partial charge in [0.15, 0.2) is 5.00 Å². The Bertz CT molecular complexity index is 643. The maximum absolute atomic E-state index is 12.5. The zero-order chi connectivity index (χ0) is 15.8. The van der Waals surface area contributed by atoms with Crippen LogP contribution >= 0.6 is 11.3 Å². The molecule has 8 nitrogen and oxygen atoms in total. The maximum Gasteiger partial charge on any atom is 0.304 e. The van der Waals surface area contributed by atoms with E-state index in [0.717, 1.165) is 17.4 Å². The summed E-state index contributed by atoms with van der Waals surface area (Å²) in [6, 6.07) is 1.08. The first-order valence-corrected chi connectivity index (χ1v) is 8.61. The highest BCUT2D eigenvalue weighted by Crippen LogP contribution is 2.38. The van der Waals surface area contributed by atoms with Crippen molar-refractivity contribution in [2.75, 3.05) is 25.5 Å². The van der Waals surface area contributed by atoms with Crippen molar-refractivity contribution in [2.24, 2.45) is 0 Å². The zero-order valence-electron chi connectivity index (χ0n) is 11.7. The Kier molecular flexibility index (Phi) is 4.24. The van der Waals surface area contributed by atoms with E-state index in [-0.39, 0.29) is 28.0 Å². The first kappa shape index (κ1) is 16.1. The summed E-state index contributed by atoms with van der Waals surface area (Å²) in [6.45, 7) is 2.08. The van der Waals surface area contributed by atoms with Gasteiger partial charge in [0, 0.05) is 26.2 Å². The van der Waals surface area contributed by atoms with Crippen LogP contribution in [-0.2, 0) is 10.0 Å². The van der Waals surface area contributed by atoms with Crippen molar-refractivity contribution in [1.82, 2.24) is 4.31 Å². The molecule has 2 N–H and O–H groups in total. The predicted octanol–water partition coefficient (Wildman–Crippen LogP) is 1.23. The highest BCUT2D eigenvalue weighted by atomic mass is 32.2. The monoisotopic (exact) mass is 335 g/mol. The smallest absolute Gasteiger partial charge is 0.304 e. The van der Waals surface area contributed by atoms with E-state index in [9.17, 15) is 23.6 Å². The second-order valence-corrected chi connectivity index (χ2v) is 8.40. The SMILES string of the molecule is CNc1sc(S(=O)(=O)N2CCC(C)(O)CC2)cc1[N+](=O)[O-]. The Labute approximate surface area is 126 Å². The van der Waals surface area contributed by atoms with Crippen molar-refractivity contribution in [2.45, 2.75) is 29.6 Å². The number of sulfonamides is 1. The molecule has 0 radical (unpaired) electrons. The van der Waals surface area contributed by atoms with Crippen LogP contribution in [0.4, 0.5) is 10.7 Å². The summed E-state index contributed by atoms with van der Waals surface area (Å²) in [5, 5.41) is 23.6. The van der Waals surface area contributed by atoms with Gasteiger partial charge in [0.05, 0.1) is 10.5 Å². The zero-order valence-corrected chi connectivity index (χ0v) is 13.3. The first-order valence-electron chi connectivity index (χ1n) is 6.36.